The highest BCUT2D eigenvalue weighted by Crippen LogP contribution is 2.26. The number of benzene rings is 2. The number of ether oxygens (including phenoxy) is 1. The molecule has 0 aliphatic rings. The van der Waals surface area contributed by atoms with Crippen molar-refractivity contribution in [2.45, 2.75) is 6.92 Å². The molecule has 0 radical (unpaired) electrons. The summed E-state index contributed by atoms with van der Waals surface area (Å²) >= 11 is 0. The number of aromatic nitrogens is 5. The maximum Gasteiger partial charge on any atom is 0.279 e. The van der Waals surface area contributed by atoms with Crippen molar-refractivity contribution in [3.8, 4) is 34.4 Å². The normalized spacial score (nSPS) is 11.0. The van der Waals surface area contributed by atoms with Crippen LogP contribution in [0.4, 0.5) is 0 Å². The standard InChI is InChI=1S/C23H17N5O3/c1-2-30-17-11-9-16(10-12-17)28-23(29)19-8-4-3-7-18(19)20(26-28)22-25-21(27-31-22)15-6-5-13-24-14-15/h3-14H,2H2,1H3. The van der Waals surface area contributed by atoms with E-state index >= 15 is 0 Å². The number of rotatable bonds is 5. The molecule has 0 saturated heterocycles. The lowest BCUT2D eigenvalue weighted by molar-refractivity contribution is 0.340. The van der Waals surface area contributed by atoms with E-state index in [0.29, 0.717) is 34.6 Å². The zero-order valence-electron chi connectivity index (χ0n) is 16.6. The van der Waals surface area contributed by atoms with Gasteiger partial charge in [0.1, 0.15) is 5.75 Å². The third-order valence-corrected chi connectivity index (χ3v) is 4.75. The molecule has 0 bridgehead atoms. The zero-order valence-corrected chi connectivity index (χ0v) is 16.6. The summed E-state index contributed by atoms with van der Waals surface area (Å²) in [6, 6.07) is 18.0. The molecule has 152 valence electrons. The number of pyridine rings is 1. The number of hydrogen-bond acceptors (Lipinski definition) is 7. The molecule has 5 aromatic rings. The summed E-state index contributed by atoms with van der Waals surface area (Å²) in [6.45, 7) is 2.48. The highest BCUT2D eigenvalue weighted by molar-refractivity contribution is 5.92. The molecule has 2 aromatic carbocycles. The van der Waals surface area contributed by atoms with Crippen LogP contribution in [-0.2, 0) is 0 Å². The third kappa shape index (κ3) is 3.44. The van der Waals surface area contributed by atoms with Gasteiger partial charge in [0.05, 0.1) is 17.7 Å². The lowest BCUT2D eigenvalue weighted by atomic mass is 10.1. The molecule has 0 amide bonds. The van der Waals surface area contributed by atoms with Crippen LogP contribution in [0.25, 0.3) is 39.4 Å². The predicted octanol–water partition coefficient (Wildman–Crippen LogP) is 3.90. The maximum absolute atomic E-state index is 13.1. The summed E-state index contributed by atoms with van der Waals surface area (Å²) < 4.78 is 12.3. The van der Waals surface area contributed by atoms with Gasteiger partial charge in [-0.05, 0) is 49.4 Å². The molecule has 8 heteroatoms. The van der Waals surface area contributed by atoms with Gasteiger partial charge in [0.15, 0.2) is 5.69 Å². The van der Waals surface area contributed by atoms with Gasteiger partial charge >= 0.3 is 0 Å². The van der Waals surface area contributed by atoms with Crippen molar-refractivity contribution in [3.63, 3.8) is 0 Å². The molecule has 0 fully saturated rings. The Morgan fingerprint density at radius 3 is 2.55 bits per heavy atom. The van der Waals surface area contributed by atoms with Crippen molar-refractivity contribution in [2.75, 3.05) is 6.61 Å². The average Bonchev–Trinajstić information content (AvgIpc) is 3.31. The minimum atomic E-state index is -0.240. The summed E-state index contributed by atoms with van der Waals surface area (Å²) in [5.41, 5.74) is 1.51. The highest BCUT2D eigenvalue weighted by Gasteiger charge is 2.19. The summed E-state index contributed by atoms with van der Waals surface area (Å²) in [4.78, 5) is 21.7. The molecule has 0 aliphatic carbocycles. The number of hydrogen-bond donors (Lipinski definition) is 0. The SMILES string of the molecule is CCOc1ccc(-n2nc(-c3nc(-c4cccnc4)no3)c3ccccc3c2=O)cc1. The number of fused-ring (bicyclic) bond motifs is 1. The van der Waals surface area contributed by atoms with Gasteiger partial charge in [-0.15, -0.1) is 0 Å². The number of nitrogens with zero attached hydrogens (tertiary/aromatic N) is 5. The molecular formula is C23H17N5O3. The van der Waals surface area contributed by atoms with Crippen LogP contribution in [-0.4, -0.2) is 31.5 Å². The van der Waals surface area contributed by atoms with Crippen LogP contribution in [0.1, 0.15) is 6.92 Å². The Morgan fingerprint density at radius 1 is 1.00 bits per heavy atom. The minimum Gasteiger partial charge on any atom is -0.494 e. The van der Waals surface area contributed by atoms with Crippen LogP contribution >= 0.6 is 0 Å². The summed E-state index contributed by atoms with van der Waals surface area (Å²) in [6.07, 6.45) is 3.33. The van der Waals surface area contributed by atoms with Crippen LogP contribution in [0.15, 0.2) is 82.4 Å². The van der Waals surface area contributed by atoms with E-state index < -0.39 is 0 Å². The zero-order chi connectivity index (χ0) is 21.2. The molecule has 0 unspecified atom stereocenters. The maximum atomic E-state index is 13.1. The van der Waals surface area contributed by atoms with Crippen molar-refractivity contribution in [3.05, 3.63) is 83.4 Å². The van der Waals surface area contributed by atoms with Gasteiger partial charge in [0.25, 0.3) is 11.4 Å². The van der Waals surface area contributed by atoms with Crippen LogP contribution in [0.3, 0.4) is 0 Å². The quantitative estimate of drug-likeness (QED) is 0.433. The topological polar surface area (TPSA) is 95.9 Å². The van der Waals surface area contributed by atoms with Crippen molar-refractivity contribution in [1.29, 1.82) is 0 Å². The summed E-state index contributed by atoms with van der Waals surface area (Å²) in [5, 5.41) is 9.77. The molecule has 3 heterocycles. The van der Waals surface area contributed by atoms with Crippen molar-refractivity contribution >= 4 is 10.8 Å². The molecule has 8 nitrogen and oxygen atoms in total. The van der Waals surface area contributed by atoms with E-state index in [1.807, 2.05) is 31.2 Å². The lowest BCUT2D eigenvalue weighted by Gasteiger charge is -2.10. The molecule has 0 atom stereocenters. The first-order valence-electron chi connectivity index (χ1n) is 9.74. The Balaban J connectivity index is 1.67. The van der Waals surface area contributed by atoms with Crippen molar-refractivity contribution < 1.29 is 9.26 Å². The van der Waals surface area contributed by atoms with E-state index in [0.717, 1.165) is 11.3 Å². The van der Waals surface area contributed by atoms with Crippen molar-refractivity contribution in [2.24, 2.45) is 0 Å². The molecule has 0 spiro atoms. The van der Waals surface area contributed by atoms with Gasteiger partial charge in [0, 0.05) is 23.3 Å². The minimum absolute atomic E-state index is 0.217. The van der Waals surface area contributed by atoms with E-state index in [1.54, 1.807) is 48.8 Å². The van der Waals surface area contributed by atoms with Gasteiger partial charge in [-0.1, -0.05) is 23.4 Å². The molecule has 3 aromatic heterocycles. The second kappa shape index (κ2) is 7.83. The fourth-order valence-corrected chi connectivity index (χ4v) is 3.30. The first kappa shape index (κ1) is 18.7. The second-order valence-electron chi connectivity index (χ2n) is 6.70. The Kier molecular flexibility index (Phi) is 4.72. The largest absolute Gasteiger partial charge is 0.494 e. The average molecular weight is 411 g/mol. The Hall–Kier alpha value is -4.33. The summed E-state index contributed by atoms with van der Waals surface area (Å²) in [5.74, 6) is 1.33. The van der Waals surface area contributed by atoms with Gasteiger partial charge < -0.3 is 9.26 Å². The fourth-order valence-electron chi connectivity index (χ4n) is 3.30. The van der Waals surface area contributed by atoms with Crippen LogP contribution in [0.5, 0.6) is 5.75 Å². The molecule has 0 aliphatic heterocycles. The lowest BCUT2D eigenvalue weighted by Crippen LogP contribution is -2.22. The molecule has 5 rings (SSSR count). The van der Waals surface area contributed by atoms with E-state index in [2.05, 4.69) is 20.2 Å². The third-order valence-electron chi connectivity index (χ3n) is 4.75. The monoisotopic (exact) mass is 411 g/mol. The fraction of sp³-hybridized carbons (Fsp3) is 0.0870. The van der Waals surface area contributed by atoms with E-state index in [1.165, 1.54) is 4.68 Å². The predicted molar refractivity (Wildman–Crippen MR) is 115 cm³/mol. The molecule has 0 saturated carbocycles. The van der Waals surface area contributed by atoms with Crippen LogP contribution in [0, 0.1) is 0 Å². The van der Waals surface area contributed by atoms with Gasteiger partial charge in [0.2, 0.25) is 5.82 Å². The van der Waals surface area contributed by atoms with E-state index in [9.17, 15) is 4.79 Å². The van der Waals surface area contributed by atoms with E-state index in [4.69, 9.17) is 9.26 Å². The van der Waals surface area contributed by atoms with Crippen LogP contribution in [0.2, 0.25) is 0 Å². The smallest absolute Gasteiger partial charge is 0.279 e. The van der Waals surface area contributed by atoms with Gasteiger partial charge in [-0.3, -0.25) is 9.78 Å². The first-order chi connectivity index (χ1) is 15.2. The van der Waals surface area contributed by atoms with Gasteiger partial charge in [-0.2, -0.15) is 14.8 Å². The van der Waals surface area contributed by atoms with E-state index in [-0.39, 0.29) is 11.4 Å². The van der Waals surface area contributed by atoms with Crippen molar-refractivity contribution in [1.82, 2.24) is 24.9 Å². The molecule has 0 N–H and O–H groups in total. The molecule has 31 heavy (non-hydrogen) atoms. The Labute approximate surface area is 176 Å². The highest BCUT2D eigenvalue weighted by atomic mass is 16.5. The Bertz CT molecular complexity index is 1410. The van der Waals surface area contributed by atoms with Gasteiger partial charge in [-0.25, -0.2) is 0 Å². The summed E-state index contributed by atoms with van der Waals surface area (Å²) in [7, 11) is 0. The molecular weight excluding hydrogens is 394 g/mol. The van der Waals surface area contributed by atoms with Crippen LogP contribution < -0.4 is 10.3 Å². The second-order valence-corrected chi connectivity index (χ2v) is 6.70. The first-order valence-corrected chi connectivity index (χ1v) is 9.74. The Morgan fingerprint density at radius 2 is 1.81 bits per heavy atom.